The van der Waals surface area contributed by atoms with E-state index >= 15 is 0 Å². The van der Waals surface area contributed by atoms with Gasteiger partial charge in [-0.05, 0) is 61.4 Å². The van der Waals surface area contributed by atoms with E-state index in [2.05, 4.69) is 15.3 Å². The first-order valence-corrected chi connectivity index (χ1v) is 8.77. The van der Waals surface area contributed by atoms with E-state index in [0.717, 1.165) is 34.9 Å². The van der Waals surface area contributed by atoms with Gasteiger partial charge in [0.05, 0.1) is 22.8 Å². The number of thioether (sulfide) groups is 1. The number of esters is 1. The van der Waals surface area contributed by atoms with E-state index in [0.29, 0.717) is 18.0 Å². The van der Waals surface area contributed by atoms with Gasteiger partial charge in [-0.3, -0.25) is 0 Å². The van der Waals surface area contributed by atoms with Crippen molar-refractivity contribution in [2.75, 3.05) is 17.7 Å². The summed E-state index contributed by atoms with van der Waals surface area (Å²) in [4.78, 5) is 21.3. The molecule has 2 aromatic rings. The number of fused-ring (bicyclic) bond motifs is 1. The number of nitrogens with one attached hydrogen (secondary N) is 1. The summed E-state index contributed by atoms with van der Waals surface area (Å²) in [5.41, 5.74) is 2.35. The van der Waals surface area contributed by atoms with Crippen LogP contribution in [-0.2, 0) is 11.2 Å². The maximum atomic E-state index is 11.7. The molecule has 120 valence electrons. The van der Waals surface area contributed by atoms with Gasteiger partial charge in [-0.25, -0.2) is 9.78 Å². The van der Waals surface area contributed by atoms with Gasteiger partial charge in [0.15, 0.2) is 0 Å². The lowest BCUT2D eigenvalue weighted by Crippen LogP contribution is -2.08. The summed E-state index contributed by atoms with van der Waals surface area (Å²) in [7, 11) is 0. The largest absolute Gasteiger partial charge is 0.462 e. The molecule has 0 spiro atoms. The van der Waals surface area contributed by atoms with Gasteiger partial charge in [0.2, 0.25) is 5.28 Å². The molecule has 1 aromatic carbocycles. The molecule has 0 bridgehead atoms. The molecule has 0 atom stereocenters. The first-order chi connectivity index (χ1) is 11.2. The van der Waals surface area contributed by atoms with Crippen molar-refractivity contribution in [2.45, 2.75) is 24.7 Å². The van der Waals surface area contributed by atoms with Crippen LogP contribution in [0.3, 0.4) is 0 Å². The molecular weight excluding hydrogens is 334 g/mol. The molecule has 7 heteroatoms. The van der Waals surface area contributed by atoms with Crippen LogP contribution in [0.5, 0.6) is 0 Å². The first kappa shape index (κ1) is 16.1. The van der Waals surface area contributed by atoms with Crippen LogP contribution in [0, 0.1) is 0 Å². The third kappa shape index (κ3) is 3.76. The molecule has 0 amide bonds. The van der Waals surface area contributed by atoms with Crippen LogP contribution in [0.1, 0.15) is 29.4 Å². The van der Waals surface area contributed by atoms with Crippen LogP contribution >= 0.6 is 23.4 Å². The van der Waals surface area contributed by atoms with Crippen LogP contribution in [-0.4, -0.2) is 28.3 Å². The quantitative estimate of drug-likeness (QED) is 0.662. The van der Waals surface area contributed by atoms with E-state index in [1.807, 2.05) is 12.1 Å². The molecule has 0 fully saturated rings. The number of rotatable bonds is 4. The lowest BCUT2D eigenvalue weighted by molar-refractivity contribution is 0.0526. The molecule has 1 aromatic heterocycles. The normalized spacial score (nSPS) is 13.3. The van der Waals surface area contributed by atoms with Gasteiger partial charge in [0.1, 0.15) is 5.82 Å². The van der Waals surface area contributed by atoms with Crippen molar-refractivity contribution in [2.24, 2.45) is 0 Å². The summed E-state index contributed by atoms with van der Waals surface area (Å²) in [6.45, 7) is 2.15. The van der Waals surface area contributed by atoms with E-state index in [1.165, 1.54) is 0 Å². The lowest BCUT2D eigenvalue weighted by Gasteiger charge is -2.18. The number of anilines is 2. The predicted octanol–water partition coefficient (Wildman–Crippen LogP) is 4.09. The molecule has 0 saturated heterocycles. The second kappa shape index (κ2) is 7.19. The highest BCUT2D eigenvalue weighted by Gasteiger charge is 2.18. The summed E-state index contributed by atoms with van der Waals surface area (Å²) in [5, 5.41) is 3.51. The second-order valence-electron chi connectivity index (χ2n) is 4.99. The maximum Gasteiger partial charge on any atom is 0.338 e. The van der Waals surface area contributed by atoms with Gasteiger partial charge >= 0.3 is 5.97 Å². The van der Waals surface area contributed by atoms with Crippen molar-refractivity contribution >= 4 is 40.8 Å². The third-order valence-corrected chi connectivity index (χ3v) is 4.75. The highest BCUT2D eigenvalue weighted by molar-refractivity contribution is 7.99. The Hall–Kier alpha value is -1.79. The number of aromatic nitrogens is 2. The maximum absolute atomic E-state index is 11.7. The SMILES string of the molecule is CCOC(=O)c1ccc(Nc2nc(Cl)nc3c2SCCC3)cc1. The van der Waals surface area contributed by atoms with Gasteiger partial charge in [0.25, 0.3) is 0 Å². The molecule has 3 rings (SSSR count). The molecule has 0 unspecified atom stereocenters. The minimum Gasteiger partial charge on any atom is -0.462 e. The fourth-order valence-electron chi connectivity index (χ4n) is 2.33. The Bertz CT molecular complexity index is 722. The van der Waals surface area contributed by atoms with E-state index < -0.39 is 0 Å². The number of halogens is 1. The summed E-state index contributed by atoms with van der Waals surface area (Å²) < 4.78 is 4.98. The Kier molecular flexibility index (Phi) is 5.03. The van der Waals surface area contributed by atoms with Crippen molar-refractivity contribution in [1.29, 1.82) is 0 Å². The molecule has 1 aliphatic heterocycles. The average molecular weight is 350 g/mol. The summed E-state index contributed by atoms with van der Waals surface area (Å²) in [6.07, 6.45) is 2.01. The molecule has 23 heavy (non-hydrogen) atoms. The Morgan fingerprint density at radius 2 is 2.13 bits per heavy atom. The molecule has 0 saturated carbocycles. The Morgan fingerprint density at radius 1 is 1.35 bits per heavy atom. The number of ether oxygens (including phenoxy) is 1. The number of aryl methyl sites for hydroxylation is 1. The third-order valence-electron chi connectivity index (χ3n) is 3.37. The van der Waals surface area contributed by atoms with Crippen molar-refractivity contribution < 1.29 is 9.53 Å². The van der Waals surface area contributed by atoms with Gasteiger partial charge in [-0.2, -0.15) is 4.98 Å². The van der Waals surface area contributed by atoms with Crippen molar-refractivity contribution in [3.05, 3.63) is 40.8 Å². The van der Waals surface area contributed by atoms with Gasteiger partial charge < -0.3 is 10.1 Å². The smallest absolute Gasteiger partial charge is 0.338 e. The van der Waals surface area contributed by atoms with Crippen molar-refractivity contribution in [3.8, 4) is 0 Å². The zero-order chi connectivity index (χ0) is 16.2. The van der Waals surface area contributed by atoms with E-state index in [9.17, 15) is 4.79 Å². The number of nitrogens with zero attached hydrogens (tertiary/aromatic N) is 2. The lowest BCUT2D eigenvalue weighted by atomic mass is 10.2. The topological polar surface area (TPSA) is 64.1 Å². The van der Waals surface area contributed by atoms with Crippen molar-refractivity contribution in [1.82, 2.24) is 9.97 Å². The number of hydrogen-bond acceptors (Lipinski definition) is 6. The Balaban J connectivity index is 1.82. The molecule has 2 heterocycles. The minimum absolute atomic E-state index is 0.247. The second-order valence-corrected chi connectivity index (χ2v) is 6.44. The van der Waals surface area contributed by atoms with Crippen LogP contribution < -0.4 is 5.32 Å². The summed E-state index contributed by atoms with van der Waals surface area (Å²) >= 11 is 7.75. The van der Waals surface area contributed by atoms with Crippen molar-refractivity contribution in [3.63, 3.8) is 0 Å². The van der Waals surface area contributed by atoms with Gasteiger partial charge in [-0.1, -0.05) is 0 Å². The standard InChI is InChI=1S/C16H16ClN3O2S/c1-2-22-15(21)10-5-7-11(8-6-10)18-14-13-12(4-3-9-23-13)19-16(17)20-14/h5-8H,2-4,9H2,1H3,(H,18,19,20). The van der Waals surface area contributed by atoms with Gasteiger partial charge in [0, 0.05) is 5.69 Å². The molecule has 5 nitrogen and oxygen atoms in total. The number of carbonyl (C=O) groups is 1. The predicted molar refractivity (Wildman–Crippen MR) is 91.8 cm³/mol. The van der Waals surface area contributed by atoms with E-state index in [1.54, 1.807) is 30.8 Å². The number of benzene rings is 1. The van der Waals surface area contributed by atoms with E-state index in [-0.39, 0.29) is 11.3 Å². The fraction of sp³-hybridized carbons (Fsp3) is 0.312. The minimum atomic E-state index is -0.322. The molecule has 1 N–H and O–H groups in total. The zero-order valence-electron chi connectivity index (χ0n) is 12.6. The zero-order valence-corrected chi connectivity index (χ0v) is 14.2. The van der Waals surface area contributed by atoms with Crippen LogP contribution in [0.15, 0.2) is 29.2 Å². The Labute approximate surface area is 143 Å². The fourth-order valence-corrected chi connectivity index (χ4v) is 3.55. The van der Waals surface area contributed by atoms with Crippen LogP contribution in [0.4, 0.5) is 11.5 Å². The first-order valence-electron chi connectivity index (χ1n) is 7.41. The average Bonchev–Trinajstić information content (AvgIpc) is 2.55. The summed E-state index contributed by atoms with van der Waals surface area (Å²) in [6, 6.07) is 7.09. The van der Waals surface area contributed by atoms with E-state index in [4.69, 9.17) is 16.3 Å². The highest BCUT2D eigenvalue weighted by Crippen LogP contribution is 2.36. The molecule has 0 aliphatic carbocycles. The molecular formula is C16H16ClN3O2S. The number of hydrogen-bond donors (Lipinski definition) is 1. The van der Waals surface area contributed by atoms with Crippen LogP contribution in [0.2, 0.25) is 5.28 Å². The monoisotopic (exact) mass is 349 g/mol. The highest BCUT2D eigenvalue weighted by atomic mass is 35.5. The van der Waals surface area contributed by atoms with Gasteiger partial charge in [-0.15, -0.1) is 11.8 Å². The van der Waals surface area contributed by atoms with Crippen LogP contribution in [0.25, 0.3) is 0 Å². The Morgan fingerprint density at radius 3 is 2.87 bits per heavy atom. The summed E-state index contributed by atoms with van der Waals surface area (Å²) in [5.74, 6) is 1.44. The molecule has 1 aliphatic rings. The number of carbonyl (C=O) groups excluding carboxylic acids is 1. The molecule has 0 radical (unpaired) electrons.